The van der Waals surface area contributed by atoms with Gasteiger partial charge >= 0.3 is 5.97 Å². The van der Waals surface area contributed by atoms with E-state index in [9.17, 15) is 39.3 Å². The number of benzene rings is 2. The molecule has 11 nitrogen and oxygen atoms in total. The fraction of sp³-hybridized carbons (Fsp3) is 0.303. The molecule has 2 saturated heterocycles. The summed E-state index contributed by atoms with van der Waals surface area (Å²) < 4.78 is 6.00. The molecule has 2 aliphatic carbocycles. The predicted octanol–water partition coefficient (Wildman–Crippen LogP) is 3.61. The molecule has 0 radical (unpaired) electrons. The molecule has 6 unspecified atom stereocenters. The number of aromatic carboxylic acids is 1. The third-order valence-corrected chi connectivity index (χ3v) is 9.88. The van der Waals surface area contributed by atoms with E-state index in [1.54, 1.807) is 49.4 Å². The van der Waals surface area contributed by atoms with E-state index in [1.807, 2.05) is 6.08 Å². The second-order valence-electron chi connectivity index (χ2n) is 12.0. The highest BCUT2D eigenvalue weighted by molar-refractivity contribution is 6.25. The molecular weight excluding hydrogens is 568 g/mol. The van der Waals surface area contributed by atoms with E-state index >= 15 is 0 Å². The Balaban J connectivity index is 1.33. The third-order valence-electron chi connectivity index (χ3n) is 9.88. The Labute approximate surface area is 251 Å². The van der Waals surface area contributed by atoms with Crippen molar-refractivity contribution in [3.63, 3.8) is 0 Å². The molecule has 44 heavy (non-hydrogen) atoms. The molecule has 1 aromatic heterocycles. The maximum Gasteiger partial charge on any atom is 0.339 e. The summed E-state index contributed by atoms with van der Waals surface area (Å²) in [5, 5.41) is 29.3. The van der Waals surface area contributed by atoms with Crippen molar-refractivity contribution in [2.24, 2.45) is 29.1 Å². The fourth-order valence-electron chi connectivity index (χ4n) is 7.87. The minimum atomic E-state index is -1.35. The zero-order valence-corrected chi connectivity index (χ0v) is 23.5. The van der Waals surface area contributed by atoms with E-state index in [0.717, 1.165) is 22.6 Å². The third kappa shape index (κ3) is 3.68. The van der Waals surface area contributed by atoms with Gasteiger partial charge in [-0.15, -0.1) is 0 Å². The summed E-state index contributed by atoms with van der Waals surface area (Å²) in [6, 6.07) is 15.5. The quantitative estimate of drug-likeness (QED) is 0.295. The summed E-state index contributed by atoms with van der Waals surface area (Å²) in [6.07, 6.45) is 2.23. The number of imide groups is 2. The second-order valence-corrected chi connectivity index (χ2v) is 12.0. The number of carboxylic acids is 1. The monoisotopic (exact) mass is 596 g/mol. The average molecular weight is 597 g/mol. The molecule has 1 saturated carbocycles. The normalized spacial score (nSPS) is 29.4. The van der Waals surface area contributed by atoms with E-state index in [4.69, 9.17) is 4.42 Å². The van der Waals surface area contributed by atoms with Gasteiger partial charge in [-0.25, -0.2) is 14.6 Å². The second kappa shape index (κ2) is 9.75. The molecule has 0 bridgehead atoms. The van der Waals surface area contributed by atoms with E-state index in [-0.39, 0.29) is 36.5 Å². The summed E-state index contributed by atoms with van der Waals surface area (Å²) in [5.41, 5.74) is -0.415. The van der Waals surface area contributed by atoms with Gasteiger partial charge in [-0.2, -0.15) is 0 Å². The molecule has 6 atom stereocenters. The number of hydrogen-bond donors (Lipinski definition) is 3. The van der Waals surface area contributed by atoms with Gasteiger partial charge in [-0.05, 0) is 62.1 Å². The Kier molecular flexibility index (Phi) is 6.15. The van der Waals surface area contributed by atoms with Crippen LogP contribution in [0, 0.1) is 29.1 Å². The van der Waals surface area contributed by atoms with Gasteiger partial charge in [0, 0.05) is 6.07 Å². The van der Waals surface area contributed by atoms with Crippen LogP contribution in [-0.2, 0) is 25.8 Å². The van der Waals surface area contributed by atoms with Gasteiger partial charge in [0.2, 0.25) is 23.6 Å². The lowest BCUT2D eigenvalue weighted by Crippen LogP contribution is -2.48. The first-order chi connectivity index (χ1) is 21.1. The summed E-state index contributed by atoms with van der Waals surface area (Å²) in [6.45, 7) is 1.38. The molecule has 2 aliphatic heterocycles. The van der Waals surface area contributed by atoms with Crippen LogP contribution in [0.2, 0.25) is 0 Å². The lowest BCUT2D eigenvalue weighted by molar-refractivity contribution is -0.131. The number of para-hydroxylation sites is 1. The Morgan fingerprint density at radius 1 is 0.932 bits per heavy atom. The molecular formula is C33H28N2O9. The minimum absolute atomic E-state index is 0.0524. The SMILES string of the molecule is CC12C(=O)N(c3ccccc3)C(=O)C1CC1C(=CCC3C(=O)N(c4ccc(C(=O)O)c(O)c4)C(=O)C31)C2c1ccc(CO)o1. The smallest absolute Gasteiger partial charge is 0.339 e. The highest BCUT2D eigenvalue weighted by atomic mass is 16.4. The Morgan fingerprint density at radius 3 is 2.34 bits per heavy atom. The van der Waals surface area contributed by atoms with Crippen LogP contribution in [0.25, 0.3) is 0 Å². The van der Waals surface area contributed by atoms with Crippen molar-refractivity contribution in [1.82, 2.24) is 0 Å². The van der Waals surface area contributed by atoms with Gasteiger partial charge in [-0.3, -0.25) is 19.2 Å². The Bertz CT molecular complexity index is 1790. The first-order valence-electron chi connectivity index (χ1n) is 14.3. The van der Waals surface area contributed by atoms with Crippen molar-refractivity contribution in [1.29, 1.82) is 0 Å². The minimum Gasteiger partial charge on any atom is -0.507 e. The van der Waals surface area contributed by atoms with Crippen molar-refractivity contribution in [2.45, 2.75) is 32.3 Å². The molecule has 3 fully saturated rings. The van der Waals surface area contributed by atoms with Crippen molar-refractivity contribution in [3.05, 3.63) is 89.4 Å². The van der Waals surface area contributed by atoms with Gasteiger partial charge < -0.3 is 19.7 Å². The standard InChI is InChI=1S/C33H28N2O9/c1-33-23(29(39)35(32(33)43)16-5-3-2-4-6-16)14-22-19(27(33)25-12-8-18(15-36)44-25)10-11-21-26(22)30(40)34(28(21)38)17-7-9-20(31(41)42)24(37)13-17/h2-10,12-13,21-23,26-27,36-37H,11,14-15H2,1H3,(H,41,42). The zero-order chi connectivity index (χ0) is 31.1. The fourth-order valence-corrected chi connectivity index (χ4v) is 7.87. The van der Waals surface area contributed by atoms with Crippen LogP contribution < -0.4 is 9.80 Å². The van der Waals surface area contributed by atoms with Crippen molar-refractivity contribution in [3.8, 4) is 5.75 Å². The number of phenols is 1. The number of aliphatic hydroxyl groups is 1. The highest BCUT2D eigenvalue weighted by Gasteiger charge is 2.68. The maximum atomic E-state index is 14.3. The topological polar surface area (TPSA) is 166 Å². The summed E-state index contributed by atoms with van der Waals surface area (Å²) in [5.74, 6) is -6.81. The van der Waals surface area contributed by atoms with E-state index in [0.29, 0.717) is 11.4 Å². The maximum absolute atomic E-state index is 14.3. The molecule has 4 amide bonds. The van der Waals surface area contributed by atoms with Crippen LogP contribution in [-0.4, -0.2) is 44.9 Å². The number of nitrogens with zero attached hydrogens (tertiary/aromatic N) is 2. The van der Waals surface area contributed by atoms with Crippen molar-refractivity contribution < 1.29 is 43.7 Å². The van der Waals surface area contributed by atoms with Crippen LogP contribution in [0.1, 0.15) is 47.6 Å². The van der Waals surface area contributed by atoms with Gasteiger partial charge in [0.05, 0.1) is 40.5 Å². The molecule has 224 valence electrons. The van der Waals surface area contributed by atoms with Crippen LogP contribution in [0.15, 0.2) is 76.7 Å². The number of hydrogen-bond acceptors (Lipinski definition) is 8. The predicted molar refractivity (Wildman–Crippen MR) is 153 cm³/mol. The number of allylic oxidation sites excluding steroid dienone is 2. The first kappa shape index (κ1) is 27.8. The number of rotatable bonds is 5. The van der Waals surface area contributed by atoms with Crippen LogP contribution in [0.4, 0.5) is 11.4 Å². The summed E-state index contributed by atoms with van der Waals surface area (Å²) >= 11 is 0. The largest absolute Gasteiger partial charge is 0.507 e. The van der Waals surface area contributed by atoms with Gasteiger partial charge in [0.25, 0.3) is 0 Å². The van der Waals surface area contributed by atoms with E-state index < -0.39 is 70.4 Å². The molecule has 2 aromatic carbocycles. The summed E-state index contributed by atoms with van der Waals surface area (Å²) in [4.78, 5) is 69.8. The number of amides is 4. The van der Waals surface area contributed by atoms with E-state index in [2.05, 4.69) is 0 Å². The number of anilines is 2. The lowest BCUT2D eigenvalue weighted by Gasteiger charge is -2.48. The van der Waals surface area contributed by atoms with Crippen molar-refractivity contribution >= 4 is 41.0 Å². The summed E-state index contributed by atoms with van der Waals surface area (Å²) in [7, 11) is 0. The average Bonchev–Trinajstić information content (AvgIpc) is 3.63. The number of aliphatic hydroxyl groups excluding tert-OH is 1. The lowest BCUT2D eigenvalue weighted by atomic mass is 9.52. The molecule has 3 heterocycles. The molecule has 3 N–H and O–H groups in total. The van der Waals surface area contributed by atoms with Crippen LogP contribution in [0.3, 0.4) is 0 Å². The number of carbonyl (C=O) groups excluding carboxylic acids is 4. The number of carbonyl (C=O) groups is 5. The number of fused-ring (bicyclic) bond motifs is 4. The van der Waals surface area contributed by atoms with Gasteiger partial charge in [-0.1, -0.05) is 29.8 Å². The van der Waals surface area contributed by atoms with Crippen LogP contribution in [0.5, 0.6) is 5.75 Å². The molecule has 3 aromatic rings. The van der Waals surface area contributed by atoms with Gasteiger partial charge in [0.15, 0.2) is 0 Å². The first-order valence-corrected chi connectivity index (χ1v) is 14.3. The molecule has 0 spiro atoms. The van der Waals surface area contributed by atoms with Crippen molar-refractivity contribution in [2.75, 3.05) is 9.80 Å². The van der Waals surface area contributed by atoms with E-state index in [1.165, 1.54) is 11.0 Å². The number of carboxylic acid groups (broad SMARTS) is 1. The Morgan fingerprint density at radius 2 is 1.68 bits per heavy atom. The highest BCUT2D eigenvalue weighted by Crippen LogP contribution is 2.63. The molecule has 11 heteroatoms. The zero-order valence-electron chi connectivity index (χ0n) is 23.5. The van der Waals surface area contributed by atoms with Crippen LogP contribution >= 0.6 is 0 Å². The van der Waals surface area contributed by atoms with Gasteiger partial charge in [0.1, 0.15) is 29.4 Å². The molecule has 7 rings (SSSR count). The number of furan rings is 1. The molecule has 4 aliphatic rings. The Hall–Kier alpha value is -5.03. The number of aromatic hydroxyl groups is 1.